The van der Waals surface area contributed by atoms with Gasteiger partial charge in [0.1, 0.15) is 0 Å². The minimum atomic E-state index is -0.110. The number of benzene rings is 8. The van der Waals surface area contributed by atoms with Crippen molar-refractivity contribution in [2.24, 2.45) is 0 Å². The first-order valence-electron chi connectivity index (χ1n) is 21.9. The zero-order valence-corrected chi connectivity index (χ0v) is 35.5. The molecule has 2 aliphatic carbocycles. The van der Waals surface area contributed by atoms with Gasteiger partial charge in [0, 0.05) is 32.9 Å². The highest BCUT2D eigenvalue weighted by atomic mass is 15.2. The van der Waals surface area contributed by atoms with Gasteiger partial charge in [0.2, 0.25) is 5.95 Å². The van der Waals surface area contributed by atoms with Crippen LogP contribution in [0, 0.1) is 0 Å². The summed E-state index contributed by atoms with van der Waals surface area (Å²) in [7, 11) is 0. The van der Waals surface area contributed by atoms with Gasteiger partial charge in [-0.05, 0) is 79.6 Å². The summed E-state index contributed by atoms with van der Waals surface area (Å²) >= 11 is 0. The Morgan fingerprint density at radius 1 is 0.484 bits per heavy atom. The fraction of sp³-hybridized carbons (Fsp3) is 0.121. The topological polar surface area (TPSA) is 43.6 Å². The van der Waals surface area contributed by atoms with E-state index >= 15 is 0 Å². The van der Waals surface area contributed by atoms with E-state index in [0.717, 1.165) is 40.7 Å². The summed E-state index contributed by atoms with van der Waals surface area (Å²) in [6, 6.07) is 63.3. The van der Waals surface area contributed by atoms with Crippen LogP contribution in [0.3, 0.4) is 0 Å². The third kappa shape index (κ3) is 5.93. The van der Waals surface area contributed by atoms with Crippen LogP contribution in [0.15, 0.2) is 182 Å². The number of aryl methyl sites for hydroxylation is 1. The standard InChI is InChI=1S/C56H40N4.C2H6/c1-56(2)48-32-30-41(34-47(48)50-42-20-11-9-16-37(42)29-33-49(50)56)44-22-13-23-45-46-31-28-38-17-10-12-21-43(38)51(46)60(52(44)45)55-58-53(39-18-7-4-8-19-39)57-54(59-55)40-26-24-36(25-27-40)35-14-5-3-6-15-35;1-2/h3-12,14-22,24-34H,13,23H2,1-2H3;1-2H3. The van der Waals surface area contributed by atoms with Gasteiger partial charge in [-0.1, -0.05) is 204 Å². The zero-order chi connectivity index (χ0) is 42.0. The zero-order valence-electron chi connectivity index (χ0n) is 35.5. The molecule has 0 bridgehead atoms. The highest BCUT2D eigenvalue weighted by Crippen LogP contribution is 2.53. The quantitative estimate of drug-likeness (QED) is 0.174. The lowest BCUT2D eigenvalue weighted by Crippen LogP contribution is -2.15. The second-order valence-electron chi connectivity index (χ2n) is 16.7. The molecule has 2 aliphatic rings. The summed E-state index contributed by atoms with van der Waals surface area (Å²) in [4.78, 5) is 16.0. The molecule has 10 aromatic rings. The lowest BCUT2D eigenvalue weighted by molar-refractivity contribution is 0.661. The summed E-state index contributed by atoms with van der Waals surface area (Å²) in [5.74, 6) is 1.89. The molecular formula is C58H46N4. The van der Waals surface area contributed by atoms with Crippen LogP contribution in [-0.2, 0) is 11.8 Å². The molecule has 0 N–H and O–H groups in total. The van der Waals surface area contributed by atoms with Crippen molar-refractivity contribution in [3.63, 3.8) is 0 Å². The maximum Gasteiger partial charge on any atom is 0.238 e. The van der Waals surface area contributed by atoms with E-state index in [2.05, 4.69) is 182 Å². The van der Waals surface area contributed by atoms with Gasteiger partial charge in [-0.3, -0.25) is 4.57 Å². The number of hydrogen-bond donors (Lipinski definition) is 0. The average molecular weight is 799 g/mol. The molecule has 0 spiro atoms. The Morgan fingerprint density at radius 2 is 1.03 bits per heavy atom. The van der Waals surface area contributed by atoms with E-state index in [1.165, 1.54) is 71.4 Å². The number of nitrogens with zero attached hydrogens (tertiary/aromatic N) is 4. The largest absolute Gasteiger partial charge is 0.277 e. The second kappa shape index (κ2) is 14.9. The predicted molar refractivity (Wildman–Crippen MR) is 259 cm³/mol. The lowest BCUT2D eigenvalue weighted by Gasteiger charge is -2.22. The minimum Gasteiger partial charge on any atom is -0.277 e. The predicted octanol–water partition coefficient (Wildman–Crippen LogP) is 14.8. The molecule has 0 fully saturated rings. The summed E-state index contributed by atoms with van der Waals surface area (Å²) in [5.41, 5.74) is 15.5. The van der Waals surface area contributed by atoms with Crippen molar-refractivity contribution in [3.05, 3.63) is 210 Å². The number of allylic oxidation sites excluding steroid dienone is 1. The average Bonchev–Trinajstić information content (AvgIpc) is 3.81. The van der Waals surface area contributed by atoms with Gasteiger partial charge in [-0.2, -0.15) is 9.97 Å². The first kappa shape index (κ1) is 37.6. The molecule has 0 unspecified atom stereocenters. The molecule has 0 atom stereocenters. The van der Waals surface area contributed by atoms with Crippen LogP contribution in [0.4, 0.5) is 0 Å². The molecule has 298 valence electrons. The fourth-order valence-corrected chi connectivity index (χ4v) is 10.0. The van der Waals surface area contributed by atoms with E-state index in [0.29, 0.717) is 17.6 Å². The van der Waals surface area contributed by atoms with Crippen molar-refractivity contribution in [3.8, 4) is 51.0 Å². The Hall–Kier alpha value is -7.43. The maximum atomic E-state index is 5.42. The molecule has 0 aliphatic heterocycles. The van der Waals surface area contributed by atoms with Crippen LogP contribution in [0.5, 0.6) is 0 Å². The van der Waals surface area contributed by atoms with Gasteiger partial charge in [0.15, 0.2) is 11.6 Å². The first-order chi connectivity index (χ1) is 30.5. The number of hydrogen-bond acceptors (Lipinski definition) is 3. The van der Waals surface area contributed by atoms with Gasteiger partial charge in [-0.25, -0.2) is 4.98 Å². The molecular weight excluding hydrogens is 753 g/mol. The number of aromatic nitrogens is 4. The first-order valence-corrected chi connectivity index (χ1v) is 21.9. The third-order valence-electron chi connectivity index (χ3n) is 12.9. The normalized spacial score (nSPS) is 13.6. The molecule has 62 heavy (non-hydrogen) atoms. The Kier molecular flexibility index (Phi) is 9.05. The van der Waals surface area contributed by atoms with Crippen molar-refractivity contribution in [1.29, 1.82) is 0 Å². The molecule has 2 heterocycles. The van der Waals surface area contributed by atoms with E-state index in [-0.39, 0.29) is 5.41 Å². The van der Waals surface area contributed by atoms with Crippen LogP contribution in [0.2, 0.25) is 0 Å². The Labute approximate surface area is 362 Å². The van der Waals surface area contributed by atoms with E-state index in [4.69, 9.17) is 15.0 Å². The molecule has 0 amide bonds. The Bertz CT molecular complexity index is 3370. The molecule has 4 nitrogen and oxygen atoms in total. The summed E-state index contributed by atoms with van der Waals surface area (Å²) in [6.07, 6.45) is 4.31. The van der Waals surface area contributed by atoms with Crippen LogP contribution in [0.25, 0.3) is 89.0 Å². The van der Waals surface area contributed by atoms with E-state index in [1.54, 1.807) is 0 Å². The molecule has 2 aromatic heterocycles. The molecule has 0 saturated carbocycles. The maximum absolute atomic E-state index is 5.42. The lowest BCUT2D eigenvalue weighted by atomic mass is 9.81. The Morgan fingerprint density at radius 3 is 1.76 bits per heavy atom. The monoisotopic (exact) mass is 798 g/mol. The number of fused-ring (bicyclic) bond motifs is 10. The van der Waals surface area contributed by atoms with E-state index in [9.17, 15) is 0 Å². The summed E-state index contributed by atoms with van der Waals surface area (Å²) in [6.45, 7) is 8.73. The molecule has 4 heteroatoms. The highest BCUT2D eigenvalue weighted by molar-refractivity contribution is 6.11. The minimum absolute atomic E-state index is 0.110. The molecule has 12 rings (SSSR count). The van der Waals surface area contributed by atoms with Crippen LogP contribution in [-0.4, -0.2) is 19.5 Å². The van der Waals surface area contributed by atoms with Crippen LogP contribution < -0.4 is 0 Å². The van der Waals surface area contributed by atoms with Crippen LogP contribution in [0.1, 0.15) is 62.1 Å². The van der Waals surface area contributed by atoms with Crippen molar-refractivity contribution in [2.45, 2.75) is 46.0 Å². The smallest absolute Gasteiger partial charge is 0.238 e. The Balaban J connectivity index is 0.00000213. The highest BCUT2D eigenvalue weighted by Gasteiger charge is 2.37. The van der Waals surface area contributed by atoms with Gasteiger partial charge < -0.3 is 0 Å². The summed E-state index contributed by atoms with van der Waals surface area (Å²) < 4.78 is 2.36. The van der Waals surface area contributed by atoms with Gasteiger partial charge >= 0.3 is 0 Å². The van der Waals surface area contributed by atoms with Gasteiger partial charge in [-0.15, -0.1) is 0 Å². The van der Waals surface area contributed by atoms with Gasteiger partial charge in [0.25, 0.3) is 0 Å². The van der Waals surface area contributed by atoms with Gasteiger partial charge in [0.05, 0.1) is 11.2 Å². The molecule has 0 saturated heterocycles. The third-order valence-corrected chi connectivity index (χ3v) is 12.9. The van der Waals surface area contributed by atoms with Crippen LogP contribution >= 0.6 is 0 Å². The van der Waals surface area contributed by atoms with Crippen molar-refractivity contribution in [2.75, 3.05) is 0 Å². The SMILES string of the molecule is CC.CC1(C)c2ccc(C3=CCCc4c3n(-c3nc(-c5ccccc5)nc(-c5ccc(-c6ccccc6)cc5)n3)c3c4ccc4ccccc43)cc2-c2c1ccc1ccccc21. The van der Waals surface area contributed by atoms with Crippen molar-refractivity contribution < 1.29 is 0 Å². The second-order valence-corrected chi connectivity index (χ2v) is 16.7. The van der Waals surface area contributed by atoms with Crippen molar-refractivity contribution in [1.82, 2.24) is 19.5 Å². The fourth-order valence-electron chi connectivity index (χ4n) is 10.0. The molecule has 0 radical (unpaired) electrons. The van der Waals surface area contributed by atoms with E-state index in [1.807, 2.05) is 32.0 Å². The number of rotatable bonds is 5. The van der Waals surface area contributed by atoms with Crippen molar-refractivity contribution >= 4 is 38.0 Å². The molecule has 8 aromatic carbocycles. The van der Waals surface area contributed by atoms with E-state index < -0.39 is 0 Å². The summed E-state index contributed by atoms with van der Waals surface area (Å²) in [5, 5.41) is 6.18.